The van der Waals surface area contributed by atoms with Crippen molar-refractivity contribution in [3.8, 4) is 0 Å². The lowest BCUT2D eigenvalue weighted by Crippen LogP contribution is -2.02. The van der Waals surface area contributed by atoms with Gasteiger partial charge in [0.05, 0.1) is 16.7 Å². The monoisotopic (exact) mass is 288 g/mol. The van der Waals surface area contributed by atoms with Gasteiger partial charge in [-0.25, -0.2) is 0 Å². The summed E-state index contributed by atoms with van der Waals surface area (Å²) in [6, 6.07) is 5.21. The number of hydrogen-bond acceptors (Lipinski definition) is 4. The van der Waals surface area contributed by atoms with Crippen LogP contribution >= 0.6 is 34.7 Å². The van der Waals surface area contributed by atoms with Crippen molar-refractivity contribution in [1.82, 2.24) is 9.59 Å². The molecule has 0 saturated heterocycles. The van der Waals surface area contributed by atoms with E-state index < -0.39 is 6.10 Å². The van der Waals surface area contributed by atoms with Gasteiger partial charge in [-0.3, -0.25) is 0 Å². The van der Waals surface area contributed by atoms with Gasteiger partial charge in [0.2, 0.25) is 0 Å². The van der Waals surface area contributed by atoms with Gasteiger partial charge in [-0.1, -0.05) is 27.7 Å². The van der Waals surface area contributed by atoms with Crippen LogP contribution in [0.2, 0.25) is 10.0 Å². The van der Waals surface area contributed by atoms with E-state index in [2.05, 4.69) is 9.59 Å². The Morgan fingerprint density at radius 3 is 2.82 bits per heavy atom. The molecule has 0 saturated carbocycles. The Morgan fingerprint density at radius 1 is 1.41 bits per heavy atom. The van der Waals surface area contributed by atoms with Crippen LogP contribution in [0.15, 0.2) is 18.2 Å². The molecular formula is C11H10Cl2N2OS. The van der Waals surface area contributed by atoms with E-state index in [1.54, 1.807) is 18.2 Å². The maximum absolute atomic E-state index is 10.1. The van der Waals surface area contributed by atoms with Gasteiger partial charge >= 0.3 is 0 Å². The lowest BCUT2D eigenvalue weighted by atomic mass is 10.1. The molecule has 1 aromatic carbocycles. The van der Waals surface area contributed by atoms with Crippen LogP contribution in [0.1, 0.15) is 22.2 Å². The number of halogens is 2. The predicted molar refractivity (Wildman–Crippen MR) is 69.8 cm³/mol. The molecule has 90 valence electrons. The molecule has 17 heavy (non-hydrogen) atoms. The normalized spacial score (nSPS) is 12.7. The lowest BCUT2D eigenvalue weighted by Gasteiger charge is -2.10. The highest BCUT2D eigenvalue weighted by Crippen LogP contribution is 2.28. The first kappa shape index (κ1) is 12.8. The van der Waals surface area contributed by atoms with Gasteiger partial charge in [-0.15, -0.1) is 5.10 Å². The van der Waals surface area contributed by atoms with Gasteiger partial charge < -0.3 is 5.11 Å². The number of rotatable bonds is 3. The predicted octanol–water partition coefficient (Wildman–Crippen LogP) is 3.43. The number of aliphatic hydroxyl groups is 1. The third-order valence-corrected chi connectivity index (χ3v) is 3.94. The van der Waals surface area contributed by atoms with Gasteiger partial charge in [0.25, 0.3) is 0 Å². The van der Waals surface area contributed by atoms with E-state index in [0.29, 0.717) is 16.5 Å². The Labute approximate surface area is 113 Å². The molecule has 6 heteroatoms. The van der Waals surface area contributed by atoms with Crippen LogP contribution in [0.25, 0.3) is 0 Å². The van der Waals surface area contributed by atoms with E-state index in [4.69, 9.17) is 23.2 Å². The number of aliphatic hydroxyl groups excluding tert-OH is 1. The van der Waals surface area contributed by atoms with Crippen molar-refractivity contribution in [3.63, 3.8) is 0 Å². The first-order chi connectivity index (χ1) is 8.08. The number of benzene rings is 1. The number of hydrogen-bond donors (Lipinski definition) is 1. The smallest absolute Gasteiger partial charge is 0.0957 e. The molecular weight excluding hydrogens is 279 g/mol. The average molecular weight is 289 g/mol. The van der Waals surface area contributed by atoms with Crippen LogP contribution in [0.4, 0.5) is 0 Å². The first-order valence-corrected chi connectivity index (χ1v) is 6.51. The maximum Gasteiger partial charge on any atom is 0.0957 e. The minimum atomic E-state index is -0.647. The number of nitrogens with zero attached hydrogens (tertiary/aromatic N) is 2. The molecule has 1 atom stereocenters. The summed E-state index contributed by atoms with van der Waals surface area (Å²) in [6.45, 7) is 1.82. The second-order valence-electron chi connectivity index (χ2n) is 3.68. The Kier molecular flexibility index (Phi) is 3.99. The maximum atomic E-state index is 10.1. The molecule has 0 aliphatic rings. The molecule has 0 fully saturated rings. The van der Waals surface area contributed by atoms with E-state index in [1.165, 1.54) is 11.5 Å². The summed E-state index contributed by atoms with van der Waals surface area (Å²) in [5, 5.41) is 15.2. The summed E-state index contributed by atoms with van der Waals surface area (Å²) in [5.41, 5.74) is 1.57. The van der Waals surface area contributed by atoms with Crippen molar-refractivity contribution in [1.29, 1.82) is 0 Å². The summed E-state index contributed by atoms with van der Waals surface area (Å²) in [6.07, 6.45) is -0.240. The zero-order valence-corrected chi connectivity index (χ0v) is 11.4. The Balaban J connectivity index is 2.21. The Hall–Kier alpha value is -0.680. The van der Waals surface area contributed by atoms with E-state index in [0.717, 1.165) is 16.1 Å². The van der Waals surface area contributed by atoms with E-state index >= 15 is 0 Å². The molecule has 0 aliphatic carbocycles. The van der Waals surface area contributed by atoms with Gasteiger partial charge in [0.15, 0.2) is 0 Å². The van der Waals surface area contributed by atoms with Crippen molar-refractivity contribution in [2.45, 2.75) is 19.4 Å². The molecule has 0 spiro atoms. The topological polar surface area (TPSA) is 46.0 Å². The van der Waals surface area contributed by atoms with Crippen LogP contribution < -0.4 is 0 Å². The molecule has 0 bridgehead atoms. The molecule has 0 radical (unpaired) electrons. The van der Waals surface area contributed by atoms with Gasteiger partial charge in [0.1, 0.15) is 0 Å². The SMILES string of the molecule is Cc1nnsc1C(O)Cc1cc(Cl)ccc1Cl. The van der Waals surface area contributed by atoms with Crippen LogP contribution in [-0.2, 0) is 6.42 Å². The van der Waals surface area contributed by atoms with Crippen molar-refractivity contribution in [3.05, 3.63) is 44.4 Å². The molecule has 2 rings (SSSR count). The van der Waals surface area contributed by atoms with Crippen molar-refractivity contribution in [2.75, 3.05) is 0 Å². The molecule has 2 aromatic rings. The minimum Gasteiger partial charge on any atom is -0.387 e. The van der Waals surface area contributed by atoms with E-state index in [-0.39, 0.29) is 0 Å². The largest absolute Gasteiger partial charge is 0.387 e. The highest BCUT2D eigenvalue weighted by Gasteiger charge is 2.16. The lowest BCUT2D eigenvalue weighted by molar-refractivity contribution is 0.181. The first-order valence-electron chi connectivity index (χ1n) is 4.98. The van der Waals surface area contributed by atoms with E-state index in [1.807, 2.05) is 6.92 Å². The molecule has 0 amide bonds. The zero-order valence-electron chi connectivity index (χ0n) is 9.02. The Morgan fingerprint density at radius 2 is 2.18 bits per heavy atom. The quantitative estimate of drug-likeness (QED) is 0.941. The minimum absolute atomic E-state index is 0.407. The van der Waals surface area contributed by atoms with Crippen LogP contribution in [0.3, 0.4) is 0 Å². The summed E-state index contributed by atoms with van der Waals surface area (Å²) in [5.74, 6) is 0. The second kappa shape index (κ2) is 5.31. The molecule has 1 heterocycles. The molecule has 3 nitrogen and oxygen atoms in total. The summed E-state index contributed by atoms with van der Waals surface area (Å²) in [7, 11) is 0. The van der Waals surface area contributed by atoms with Crippen molar-refractivity contribution < 1.29 is 5.11 Å². The molecule has 1 N–H and O–H groups in total. The number of aromatic nitrogens is 2. The fourth-order valence-corrected chi connectivity index (χ4v) is 2.56. The summed E-state index contributed by atoms with van der Waals surface area (Å²) in [4.78, 5) is 0.765. The van der Waals surface area contributed by atoms with Crippen molar-refractivity contribution in [2.24, 2.45) is 0 Å². The van der Waals surface area contributed by atoms with E-state index in [9.17, 15) is 5.11 Å². The van der Waals surface area contributed by atoms with Gasteiger partial charge in [-0.2, -0.15) is 0 Å². The molecule has 1 aromatic heterocycles. The third kappa shape index (κ3) is 2.96. The number of aryl methyl sites for hydroxylation is 1. The second-order valence-corrected chi connectivity index (χ2v) is 5.31. The Bertz CT molecular complexity index is 530. The standard InChI is InChI=1S/C11H10Cl2N2OS/c1-6-11(17-15-14-6)10(16)5-7-4-8(12)2-3-9(7)13/h2-4,10,16H,5H2,1H3. The molecule has 0 aliphatic heterocycles. The summed E-state index contributed by atoms with van der Waals surface area (Å²) >= 11 is 13.1. The average Bonchev–Trinajstić information content (AvgIpc) is 2.70. The highest BCUT2D eigenvalue weighted by atomic mass is 35.5. The fraction of sp³-hybridized carbons (Fsp3) is 0.273. The van der Waals surface area contributed by atoms with Crippen LogP contribution in [-0.4, -0.2) is 14.7 Å². The van der Waals surface area contributed by atoms with Gasteiger partial charge in [-0.05, 0) is 42.2 Å². The van der Waals surface area contributed by atoms with Crippen LogP contribution in [0, 0.1) is 6.92 Å². The fourth-order valence-electron chi connectivity index (χ4n) is 1.54. The zero-order chi connectivity index (χ0) is 12.4. The van der Waals surface area contributed by atoms with Crippen LogP contribution in [0.5, 0.6) is 0 Å². The molecule has 1 unspecified atom stereocenters. The van der Waals surface area contributed by atoms with Gasteiger partial charge in [0, 0.05) is 16.5 Å². The third-order valence-electron chi connectivity index (χ3n) is 2.41. The highest BCUT2D eigenvalue weighted by molar-refractivity contribution is 7.05. The summed E-state index contributed by atoms with van der Waals surface area (Å²) < 4.78 is 3.80. The van der Waals surface area contributed by atoms with Crippen molar-refractivity contribution >= 4 is 34.7 Å².